The smallest absolute Gasteiger partial charge is 0.409 e. The fourth-order valence-corrected chi connectivity index (χ4v) is 3.87. The van der Waals surface area contributed by atoms with Crippen molar-refractivity contribution in [2.24, 2.45) is 5.92 Å². The summed E-state index contributed by atoms with van der Waals surface area (Å²) in [6, 6.07) is 8.15. The Balaban J connectivity index is 1.67. The summed E-state index contributed by atoms with van der Waals surface area (Å²) in [6.45, 7) is 10.8. The Kier molecular flexibility index (Phi) is 7.59. The molecule has 1 aromatic heterocycles. The van der Waals surface area contributed by atoms with E-state index in [-0.39, 0.29) is 17.9 Å². The molecule has 1 fully saturated rings. The largest absolute Gasteiger partial charge is 0.449 e. The molecule has 0 bridgehead atoms. The number of rotatable bonds is 5. The molecule has 2 heterocycles. The standard InChI is InChI=1S/C23H31ClN4O3/c1-16(2)15-31-23(30)27-11-5-10-26(12-13-27)22(29)20-18(4)25-28(21(20)24)14-19-8-6-17(3)7-9-19/h6-9,16H,5,10-15H2,1-4H3. The van der Waals surface area contributed by atoms with Crippen LogP contribution in [0.15, 0.2) is 24.3 Å². The van der Waals surface area contributed by atoms with Crippen molar-refractivity contribution in [3.8, 4) is 0 Å². The zero-order valence-corrected chi connectivity index (χ0v) is 19.5. The Hall–Kier alpha value is -2.54. The lowest BCUT2D eigenvalue weighted by atomic mass is 10.1. The van der Waals surface area contributed by atoms with Gasteiger partial charge in [-0.1, -0.05) is 55.3 Å². The number of hydrogen-bond acceptors (Lipinski definition) is 4. The second-order valence-corrected chi connectivity index (χ2v) is 8.86. The number of benzene rings is 1. The van der Waals surface area contributed by atoms with Crippen molar-refractivity contribution in [2.75, 3.05) is 32.8 Å². The first-order valence-corrected chi connectivity index (χ1v) is 11.1. The summed E-state index contributed by atoms with van der Waals surface area (Å²) >= 11 is 6.58. The first-order chi connectivity index (χ1) is 14.8. The van der Waals surface area contributed by atoms with Crippen LogP contribution in [0.2, 0.25) is 5.15 Å². The van der Waals surface area contributed by atoms with E-state index in [1.54, 1.807) is 21.4 Å². The molecule has 0 N–H and O–H groups in total. The van der Waals surface area contributed by atoms with Crippen molar-refractivity contribution < 1.29 is 14.3 Å². The fourth-order valence-electron chi connectivity index (χ4n) is 3.56. The summed E-state index contributed by atoms with van der Waals surface area (Å²) in [4.78, 5) is 28.9. The molecule has 0 atom stereocenters. The van der Waals surface area contributed by atoms with Crippen LogP contribution in [0.5, 0.6) is 0 Å². The molecule has 1 aliphatic heterocycles. The molecule has 168 valence electrons. The van der Waals surface area contributed by atoms with Gasteiger partial charge in [-0.3, -0.25) is 4.79 Å². The van der Waals surface area contributed by atoms with Crippen molar-refractivity contribution in [3.05, 3.63) is 51.8 Å². The molecule has 0 radical (unpaired) electrons. The van der Waals surface area contributed by atoms with E-state index in [2.05, 4.69) is 5.10 Å². The number of hydrogen-bond donors (Lipinski definition) is 0. The van der Waals surface area contributed by atoms with Crippen molar-refractivity contribution >= 4 is 23.6 Å². The van der Waals surface area contributed by atoms with Gasteiger partial charge in [-0.15, -0.1) is 0 Å². The quantitative estimate of drug-likeness (QED) is 0.692. The van der Waals surface area contributed by atoms with Gasteiger partial charge in [0.15, 0.2) is 0 Å². The van der Waals surface area contributed by atoms with Gasteiger partial charge in [0.05, 0.1) is 24.4 Å². The number of carbonyl (C=O) groups excluding carboxylic acids is 2. The van der Waals surface area contributed by atoms with Crippen molar-refractivity contribution in [1.29, 1.82) is 0 Å². The number of carbonyl (C=O) groups is 2. The van der Waals surface area contributed by atoms with E-state index in [9.17, 15) is 9.59 Å². The van der Waals surface area contributed by atoms with E-state index in [4.69, 9.17) is 16.3 Å². The van der Waals surface area contributed by atoms with Crippen LogP contribution in [0.3, 0.4) is 0 Å². The summed E-state index contributed by atoms with van der Waals surface area (Å²) in [6.07, 6.45) is 0.375. The second kappa shape index (κ2) is 10.2. The highest BCUT2D eigenvalue weighted by molar-refractivity contribution is 6.33. The Morgan fingerprint density at radius 3 is 2.39 bits per heavy atom. The molecule has 2 amide bonds. The third-order valence-corrected chi connectivity index (χ3v) is 5.70. The number of aryl methyl sites for hydroxylation is 2. The molecule has 0 spiro atoms. The molecular formula is C23H31ClN4O3. The average Bonchev–Trinajstić information content (AvgIpc) is 2.90. The fraction of sp³-hybridized carbons (Fsp3) is 0.522. The Bertz CT molecular complexity index is 924. The highest BCUT2D eigenvalue weighted by atomic mass is 35.5. The summed E-state index contributed by atoms with van der Waals surface area (Å²) < 4.78 is 7.00. The predicted octanol–water partition coefficient (Wildman–Crippen LogP) is 4.14. The van der Waals surface area contributed by atoms with Crippen LogP contribution in [-0.4, -0.2) is 64.4 Å². The van der Waals surface area contributed by atoms with Crippen molar-refractivity contribution in [2.45, 2.75) is 40.7 Å². The van der Waals surface area contributed by atoms with Gasteiger partial charge in [-0.05, 0) is 31.7 Å². The van der Waals surface area contributed by atoms with E-state index >= 15 is 0 Å². The van der Waals surface area contributed by atoms with Crippen LogP contribution in [-0.2, 0) is 11.3 Å². The lowest BCUT2D eigenvalue weighted by Gasteiger charge is -2.22. The van der Waals surface area contributed by atoms with Gasteiger partial charge in [0.2, 0.25) is 0 Å². The maximum Gasteiger partial charge on any atom is 0.409 e. The molecule has 1 aliphatic rings. The normalized spacial score (nSPS) is 14.6. The molecule has 8 heteroatoms. The Labute approximate surface area is 188 Å². The van der Waals surface area contributed by atoms with Gasteiger partial charge in [0.1, 0.15) is 5.15 Å². The molecular weight excluding hydrogens is 416 g/mol. The number of nitrogens with zero attached hydrogens (tertiary/aromatic N) is 4. The van der Waals surface area contributed by atoms with Gasteiger partial charge in [-0.25, -0.2) is 9.48 Å². The minimum absolute atomic E-state index is 0.143. The van der Waals surface area contributed by atoms with Crippen molar-refractivity contribution in [3.63, 3.8) is 0 Å². The van der Waals surface area contributed by atoms with Crippen LogP contribution in [0.25, 0.3) is 0 Å². The van der Waals surface area contributed by atoms with Crippen LogP contribution in [0.1, 0.15) is 47.4 Å². The molecule has 1 aromatic carbocycles. The minimum Gasteiger partial charge on any atom is -0.449 e. The number of aromatic nitrogens is 2. The first-order valence-electron chi connectivity index (χ1n) is 10.8. The predicted molar refractivity (Wildman–Crippen MR) is 121 cm³/mol. The zero-order valence-electron chi connectivity index (χ0n) is 18.7. The number of halogens is 1. The highest BCUT2D eigenvalue weighted by Gasteiger charge is 2.28. The lowest BCUT2D eigenvalue weighted by molar-refractivity contribution is 0.0746. The second-order valence-electron chi connectivity index (χ2n) is 8.50. The first kappa shape index (κ1) is 23.1. The van der Waals surface area contributed by atoms with Gasteiger partial charge >= 0.3 is 6.09 Å². The molecule has 7 nitrogen and oxygen atoms in total. The molecule has 0 unspecified atom stereocenters. The summed E-state index contributed by atoms with van der Waals surface area (Å²) in [5.74, 6) is 0.144. The van der Waals surface area contributed by atoms with Crippen LogP contribution in [0, 0.1) is 19.8 Å². The maximum absolute atomic E-state index is 13.2. The lowest BCUT2D eigenvalue weighted by Crippen LogP contribution is -2.38. The van der Waals surface area contributed by atoms with Crippen molar-refractivity contribution in [1.82, 2.24) is 19.6 Å². The molecule has 1 saturated heterocycles. The highest BCUT2D eigenvalue weighted by Crippen LogP contribution is 2.23. The van der Waals surface area contributed by atoms with Gasteiger partial charge < -0.3 is 14.5 Å². The van der Waals surface area contributed by atoms with Gasteiger partial charge in [0.25, 0.3) is 5.91 Å². The van der Waals surface area contributed by atoms with E-state index in [0.29, 0.717) is 62.2 Å². The average molecular weight is 447 g/mol. The topological polar surface area (TPSA) is 67.7 Å². The monoisotopic (exact) mass is 446 g/mol. The Morgan fingerprint density at radius 2 is 1.71 bits per heavy atom. The number of ether oxygens (including phenoxy) is 1. The molecule has 0 saturated carbocycles. The molecule has 0 aliphatic carbocycles. The van der Waals surface area contributed by atoms with E-state index in [1.807, 2.05) is 45.0 Å². The van der Waals surface area contributed by atoms with Crippen LogP contribution >= 0.6 is 11.6 Å². The summed E-state index contributed by atoms with van der Waals surface area (Å²) in [5.41, 5.74) is 3.30. The minimum atomic E-state index is -0.317. The van der Waals surface area contributed by atoms with Crippen LogP contribution < -0.4 is 0 Å². The third-order valence-electron chi connectivity index (χ3n) is 5.31. The maximum atomic E-state index is 13.2. The Morgan fingerprint density at radius 1 is 1.06 bits per heavy atom. The SMILES string of the molecule is Cc1ccc(Cn2nc(C)c(C(=O)N3CCCN(C(=O)OCC(C)C)CC3)c2Cl)cc1. The van der Waals surface area contributed by atoms with Crippen LogP contribution in [0.4, 0.5) is 4.79 Å². The van der Waals surface area contributed by atoms with E-state index in [0.717, 1.165) is 5.56 Å². The van der Waals surface area contributed by atoms with E-state index in [1.165, 1.54) is 5.56 Å². The molecule has 2 aromatic rings. The zero-order chi connectivity index (χ0) is 22.5. The number of amides is 2. The van der Waals surface area contributed by atoms with Gasteiger partial charge in [-0.2, -0.15) is 5.10 Å². The van der Waals surface area contributed by atoms with E-state index < -0.39 is 0 Å². The van der Waals surface area contributed by atoms with Gasteiger partial charge in [0, 0.05) is 26.2 Å². The summed E-state index contributed by atoms with van der Waals surface area (Å²) in [5, 5.41) is 4.85. The molecule has 3 rings (SSSR count). The summed E-state index contributed by atoms with van der Waals surface area (Å²) in [7, 11) is 0. The third kappa shape index (κ3) is 5.79. The molecule has 31 heavy (non-hydrogen) atoms.